The number of carbonyl (C=O) groups excluding carboxylic acids is 1. The second-order valence-electron chi connectivity index (χ2n) is 6.53. The molecule has 0 N–H and O–H groups in total. The number of nitrogens with zero attached hydrogens (tertiary/aromatic N) is 2. The lowest BCUT2D eigenvalue weighted by molar-refractivity contribution is -0.141. The van der Waals surface area contributed by atoms with Crippen LogP contribution in [0.1, 0.15) is 21.6 Å². The molecule has 4 rings (SSSR count). The molecule has 0 unspecified atom stereocenters. The van der Waals surface area contributed by atoms with Gasteiger partial charge in [0.1, 0.15) is 0 Å². The summed E-state index contributed by atoms with van der Waals surface area (Å²) >= 11 is 0. The van der Waals surface area contributed by atoms with Crippen LogP contribution in [0.4, 0.5) is 13.2 Å². The number of carbonyl (C=O) groups is 1. The number of rotatable bonds is 3. The van der Waals surface area contributed by atoms with Crippen molar-refractivity contribution in [3.63, 3.8) is 0 Å². The first-order valence-electron chi connectivity index (χ1n) is 8.77. The van der Waals surface area contributed by atoms with E-state index < -0.39 is 17.8 Å². The van der Waals surface area contributed by atoms with E-state index in [-0.39, 0.29) is 11.4 Å². The third-order valence-electron chi connectivity index (χ3n) is 4.45. The minimum absolute atomic E-state index is 0.258. The fourth-order valence-electron chi connectivity index (χ4n) is 3.00. The summed E-state index contributed by atoms with van der Waals surface area (Å²) in [4.78, 5) is 12.8. The van der Waals surface area contributed by atoms with E-state index in [0.717, 1.165) is 21.7 Å². The van der Waals surface area contributed by atoms with Crippen molar-refractivity contribution in [2.45, 2.75) is 13.1 Å². The number of alkyl halides is 3. The first kappa shape index (κ1) is 18.7. The van der Waals surface area contributed by atoms with Crippen molar-refractivity contribution in [3.05, 3.63) is 89.6 Å². The molecule has 0 saturated heterocycles. The Morgan fingerprint density at radius 1 is 0.966 bits per heavy atom. The zero-order valence-electron chi connectivity index (χ0n) is 15.3. The lowest BCUT2D eigenvalue weighted by Crippen LogP contribution is -2.12. The molecule has 0 saturated carbocycles. The number of hydrogen-bond acceptors (Lipinski definition) is 3. The molecule has 4 aromatic rings. The van der Waals surface area contributed by atoms with Crippen molar-refractivity contribution in [2.24, 2.45) is 0 Å². The third kappa shape index (κ3) is 3.71. The molecular formula is C22H15F3N2O2. The van der Waals surface area contributed by atoms with Gasteiger partial charge in [-0.05, 0) is 35.9 Å². The lowest BCUT2D eigenvalue weighted by atomic mass is 10.1. The van der Waals surface area contributed by atoms with Crippen LogP contribution in [0.5, 0.6) is 5.88 Å². The molecule has 1 heterocycles. The summed E-state index contributed by atoms with van der Waals surface area (Å²) in [6, 6.07) is 19.7. The van der Waals surface area contributed by atoms with E-state index in [1.807, 2.05) is 25.1 Å². The molecule has 0 aliphatic rings. The average Bonchev–Trinajstić information content (AvgIpc) is 3.12. The summed E-state index contributed by atoms with van der Waals surface area (Å²) in [5.74, 6) is -1.07. The van der Waals surface area contributed by atoms with E-state index in [9.17, 15) is 18.0 Å². The Hall–Kier alpha value is -3.61. The first-order valence-corrected chi connectivity index (χ1v) is 8.77. The van der Waals surface area contributed by atoms with E-state index in [0.29, 0.717) is 11.1 Å². The maximum absolute atomic E-state index is 13.2. The fourth-order valence-corrected chi connectivity index (χ4v) is 3.00. The molecule has 3 aromatic carbocycles. The molecule has 7 heteroatoms. The lowest BCUT2D eigenvalue weighted by Gasteiger charge is -2.09. The first-order chi connectivity index (χ1) is 13.8. The standard InChI is InChI=1S/C22H15F3N2O2/c1-14-9-11-16(12-10-14)27-20(13-19(26-27)22(23,24)25)29-21(28)18-8-4-6-15-5-2-3-7-17(15)18/h2-13H,1H3. The van der Waals surface area contributed by atoms with Gasteiger partial charge in [-0.3, -0.25) is 0 Å². The van der Waals surface area contributed by atoms with Crippen LogP contribution in [0.3, 0.4) is 0 Å². The Bertz CT molecular complexity index is 1190. The number of ether oxygens (including phenoxy) is 1. The summed E-state index contributed by atoms with van der Waals surface area (Å²) < 4.78 is 46.0. The number of aromatic nitrogens is 2. The highest BCUT2D eigenvalue weighted by molar-refractivity contribution is 6.05. The molecule has 0 spiro atoms. The monoisotopic (exact) mass is 396 g/mol. The minimum atomic E-state index is -4.67. The SMILES string of the molecule is Cc1ccc(-n2nc(C(F)(F)F)cc2OC(=O)c2cccc3ccccc23)cc1. The predicted octanol–water partition coefficient (Wildman–Crippen LogP) is 5.57. The van der Waals surface area contributed by atoms with Crippen LogP contribution in [-0.4, -0.2) is 15.7 Å². The quantitative estimate of drug-likeness (QED) is 0.425. The van der Waals surface area contributed by atoms with Gasteiger partial charge in [0.05, 0.1) is 11.3 Å². The van der Waals surface area contributed by atoms with Gasteiger partial charge in [0.2, 0.25) is 5.88 Å². The van der Waals surface area contributed by atoms with E-state index in [4.69, 9.17) is 4.74 Å². The smallest absolute Gasteiger partial charge is 0.404 e. The summed E-state index contributed by atoms with van der Waals surface area (Å²) in [7, 11) is 0. The summed E-state index contributed by atoms with van der Waals surface area (Å²) in [6.45, 7) is 1.86. The van der Waals surface area contributed by atoms with Gasteiger partial charge >= 0.3 is 12.1 Å². The van der Waals surface area contributed by atoms with Gasteiger partial charge in [-0.15, -0.1) is 0 Å². The number of halogens is 3. The largest absolute Gasteiger partial charge is 0.435 e. The van der Waals surface area contributed by atoms with Gasteiger partial charge in [0.25, 0.3) is 0 Å². The van der Waals surface area contributed by atoms with Gasteiger partial charge in [0, 0.05) is 6.07 Å². The van der Waals surface area contributed by atoms with Crippen molar-refractivity contribution in [3.8, 4) is 11.6 Å². The molecule has 0 radical (unpaired) electrons. The molecule has 0 bridgehead atoms. The van der Waals surface area contributed by atoms with Gasteiger partial charge in [0.15, 0.2) is 5.69 Å². The second kappa shape index (κ2) is 7.09. The molecule has 0 aliphatic carbocycles. The van der Waals surface area contributed by atoms with Gasteiger partial charge in [-0.25, -0.2) is 9.48 Å². The fraction of sp³-hybridized carbons (Fsp3) is 0.0909. The van der Waals surface area contributed by atoms with Crippen LogP contribution in [0.2, 0.25) is 0 Å². The summed E-state index contributed by atoms with van der Waals surface area (Å²) in [5.41, 5.74) is 0.408. The maximum atomic E-state index is 13.2. The Labute approximate surface area is 164 Å². The zero-order valence-corrected chi connectivity index (χ0v) is 15.3. The number of aryl methyl sites for hydroxylation is 1. The Morgan fingerprint density at radius 3 is 2.38 bits per heavy atom. The highest BCUT2D eigenvalue weighted by Crippen LogP contribution is 2.32. The molecule has 0 atom stereocenters. The van der Waals surface area contributed by atoms with Crippen LogP contribution in [-0.2, 0) is 6.18 Å². The molecule has 0 amide bonds. The maximum Gasteiger partial charge on any atom is 0.435 e. The van der Waals surface area contributed by atoms with Crippen molar-refractivity contribution in [1.29, 1.82) is 0 Å². The van der Waals surface area contributed by atoms with E-state index in [1.54, 1.807) is 48.5 Å². The normalized spacial score (nSPS) is 11.6. The topological polar surface area (TPSA) is 44.1 Å². The van der Waals surface area contributed by atoms with Gasteiger partial charge in [-0.1, -0.05) is 54.1 Å². The van der Waals surface area contributed by atoms with E-state index >= 15 is 0 Å². The number of hydrogen-bond donors (Lipinski definition) is 0. The van der Waals surface area contributed by atoms with Crippen LogP contribution >= 0.6 is 0 Å². The molecule has 146 valence electrons. The molecular weight excluding hydrogens is 381 g/mol. The predicted molar refractivity (Wildman–Crippen MR) is 102 cm³/mol. The van der Waals surface area contributed by atoms with Crippen molar-refractivity contribution in [1.82, 2.24) is 9.78 Å². The Kier molecular flexibility index (Phi) is 4.58. The van der Waals surface area contributed by atoms with Gasteiger partial charge < -0.3 is 4.74 Å². The van der Waals surface area contributed by atoms with Crippen LogP contribution in [0, 0.1) is 6.92 Å². The number of benzene rings is 3. The van der Waals surface area contributed by atoms with E-state index in [2.05, 4.69) is 5.10 Å². The minimum Gasteiger partial charge on any atom is -0.404 e. The van der Waals surface area contributed by atoms with Crippen LogP contribution < -0.4 is 4.74 Å². The van der Waals surface area contributed by atoms with Gasteiger partial charge in [-0.2, -0.15) is 18.3 Å². The van der Waals surface area contributed by atoms with Crippen LogP contribution in [0.25, 0.3) is 16.5 Å². The zero-order chi connectivity index (χ0) is 20.6. The Morgan fingerprint density at radius 2 is 1.66 bits per heavy atom. The average molecular weight is 396 g/mol. The molecule has 29 heavy (non-hydrogen) atoms. The third-order valence-corrected chi connectivity index (χ3v) is 4.45. The van der Waals surface area contributed by atoms with E-state index in [1.165, 1.54) is 0 Å². The summed E-state index contributed by atoms with van der Waals surface area (Å²) in [6.07, 6.45) is -4.67. The Balaban J connectivity index is 1.76. The molecule has 0 fully saturated rings. The van der Waals surface area contributed by atoms with Crippen molar-refractivity contribution >= 4 is 16.7 Å². The van der Waals surface area contributed by atoms with Crippen molar-refractivity contribution < 1.29 is 22.7 Å². The van der Waals surface area contributed by atoms with Crippen molar-refractivity contribution in [2.75, 3.05) is 0 Å². The molecule has 1 aromatic heterocycles. The second-order valence-corrected chi connectivity index (χ2v) is 6.53. The highest BCUT2D eigenvalue weighted by atomic mass is 19.4. The number of esters is 1. The summed E-state index contributed by atoms with van der Waals surface area (Å²) in [5, 5.41) is 5.08. The molecule has 4 nitrogen and oxygen atoms in total. The molecule has 0 aliphatic heterocycles. The number of fused-ring (bicyclic) bond motifs is 1. The highest BCUT2D eigenvalue weighted by Gasteiger charge is 2.36. The van der Waals surface area contributed by atoms with Crippen LogP contribution in [0.15, 0.2) is 72.8 Å².